The number of hydrogen-bond donors (Lipinski definition) is 1. The minimum Gasteiger partial charge on any atom is -0.494 e. The van der Waals surface area contributed by atoms with E-state index in [9.17, 15) is 9.59 Å². The van der Waals surface area contributed by atoms with Crippen molar-refractivity contribution in [2.24, 2.45) is 5.10 Å². The van der Waals surface area contributed by atoms with Crippen LogP contribution in [0.25, 0.3) is 0 Å². The number of rotatable bonds is 13. The van der Waals surface area contributed by atoms with Crippen LogP contribution in [0.2, 0.25) is 0 Å². The molecule has 0 unspecified atom stereocenters. The average molecular weight is 567 g/mol. The summed E-state index contributed by atoms with van der Waals surface area (Å²) in [6.45, 7) is 7.33. The lowest BCUT2D eigenvalue weighted by atomic mass is 10.2. The number of amides is 1. The number of nitrogens with zero attached hydrogens (tertiary/aromatic N) is 1. The second-order valence-electron chi connectivity index (χ2n) is 9.40. The van der Waals surface area contributed by atoms with Crippen molar-refractivity contribution in [1.82, 2.24) is 5.43 Å². The molecule has 8 nitrogen and oxygen atoms in total. The maximum atomic E-state index is 12.7. The van der Waals surface area contributed by atoms with Crippen molar-refractivity contribution >= 4 is 18.1 Å². The van der Waals surface area contributed by atoms with Crippen molar-refractivity contribution in [2.75, 3.05) is 13.2 Å². The molecule has 0 aliphatic heterocycles. The number of ether oxygens (including phenoxy) is 4. The van der Waals surface area contributed by atoms with Crippen molar-refractivity contribution in [1.29, 1.82) is 0 Å². The van der Waals surface area contributed by atoms with Crippen molar-refractivity contribution in [3.8, 4) is 23.0 Å². The van der Waals surface area contributed by atoms with Gasteiger partial charge in [-0.3, -0.25) is 4.79 Å². The maximum absolute atomic E-state index is 12.7. The monoisotopic (exact) mass is 566 g/mol. The summed E-state index contributed by atoms with van der Waals surface area (Å²) < 4.78 is 22.6. The Labute approximate surface area is 245 Å². The molecule has 0 bridgehead atoms. The van der Waals surface area contributed by atoms with Gasteiger partial charge in [-0.15, -0.1) is 0 Å². The summed E-state index contributed by atoms with van der Waals surface area (Å²) in [4.78, 5) is 25.3. The first-order valence-electron chi connectivity index (χ1n) is 13.8. The lowest BCUT2D eigenvalue weighted by molar-refractivity contribution is 0.0728. The van der Waals surface area contributed by atoms with Crippen molar-refractivity contribution < 1.29 is 28.5 Å². The second kappa shape index (κ2) is 15.0. The van der Waals surface area contributed by atoms with Gasteiger partial charge in [-0.05, 0) is 98.1 Å². The van der Waals surface area contributed by atoms with Gasteiger partial charge in [0.1, 0.15) is 18.1 Å². The van der Waals surface area contributed by atoms with Crippen LogP contribution in [0.1, 0.15) is 57.7 Å². The smallest absolute Gasteiger partial charge is 0.343 e. The summed E-state index contributed by atoms with van der Waals surface area (Å²) in [5.74, 6) is 1.14. The molecule has 0 saturated heterocycles. The van der Waals surface area contributed by atoms with Crippen LogP contribution in [-0.2, 0) is 6.61 Å². The fourth-order valence-electron chi connectivity index (χ4n) is 3.81. The minimum absolute atomic E-state index is 0.277. The maximum Gasteiger partial charge on any atom is 0.343 e. The molecular weight excluding hydrogens is 532 g/mol. The van der Waals surface area contributed by atoms with Crippen molar-refractivity contribution in [2.45, 2.75) is 33.8 Å². The lowest BCUT2D eigenvalue weighted by Gasteiger charge is -2.12. The second-order valence-corrected chi connectivity index (χ2v) is 9.40. The molecule has 0 radical (unpaired) electrons. The summed E-state index contributed by atoms with van der Waals surface area (Å²) in [5, 5.41) is 4.06. The van der Waals surface area contributed by atoms with Gasteiger partial charge in [0.15, 0.2) is 11.5 Å². The number of nitrogens with one attached hydrogen (secondary N) is 1. The van der Waals surface area contributed by atoms with Crippen LogP contribution in [0.3, 0.4) is 0 Å². The third-order valence-corrected chi connectivity index (χ3v) is 6.06. The highest BCUT2D eigenvalue weighted by molar-refractivity contribution is 5.95. The third-order valence-electron chi connectivity index (χ3n) is 6.06. The number of esters is 1. The van der Waals surface area contributed by atoms with E-state index in [0.717, 1.165) is 12.0 Å². The molecule has 0 aliphatic carbocycles. The van der Waals surface area contributed by atoms with E-state index >= 15 is 0 Å². The minimum atomic E-state index is -0.516. The zero-order valence-electron chi connectivity index (χ0n) is 24.0. The van der Waals surface area contributed by atoms with Gasteiger partial charge in [0, 0.05) is 5.56 Å². The summed E-state index contributed by atoms with van der Waals surface area (Å²) in [6, 6.07) is 26.8. The summed E-state index contributed by atoms with van der Waals surface area (Å²) in [5.41, 5.74) is 6.26. The molecule has 1 amide bonds. The van der Waals surface area contributed by atoms with E-state index in [1.807, 2.05) is 45.0 Å². The fraction of sp³-hybridized carbons (Fsp3) is 0.206. The van der Waals surface area contributed by atoms with Crippen LogP contribution in [0.4, 0.5) is 0 Å². The van der Waals surface area contributed by atoms with E-state index in [-0.39, 0.29) is 11.7 Å². The Kier molecular flexibility index (Phi) is 10.7. The Morgan fingerprint density at radius 2 is 1.43 bits per heavy atom. The van der Waals surface area contributed by atoms with Gasteiger partial charge in [0.2, 0.25) is 0 Å². The molecule has 0 aliphatic rings. The van der Waals surface area contributed by atoms with Gasteiger partial charge in [0.05, 0.1) is 25.0 Å². The third kappa shape index (κ3) is 8.69. The van der Waals surface area contributed by atoms with E-state index in [1.165, 1.54) is 11.8 Å². The molecule has 8 heteroatoms. The Morgan fingerprint density at radius 1 is 0.762 bits per heavy atom. The Hall–Kier alpha value is -5.11. The number of carbonyl (C=O) groups is 2. The van der Waals surface area contributed by atoms with Gasteiger partial charge < -0.3 is 18.9 Å². The molecule has 0 heterocycles. The summed E-state index contributed by atoms with van der Waals surface area (Å²) >= 11 is 0. The van der Waals surface area contributed by atoms with Gasteiger partial charge in [-0.25, -0.2) is 10.2 Å². The standard InChI is InChI=1S/C34H34N2O6/c1-4-20-40-29-17-13-28(14-18-29)34(38)42-31-19-10-26(21-32(31)39-5-2)22-35-36-33(37)27-11-15-30(16-12-27)41-23-25-8-6-24(3)7-9-25/h6-19,21-22H,4-5,20,23H2,1-3H3,(H,36,37). The molecule has 0 saturated carbocycles. The highest BCUT2D eigenvalue weighted by Gasteiger charge is 2.14. The van der Waals surface area contributed by atoms with E-state index in [2.05, 4.69) is 10.5 Å². The first kappa shape index (κ1) is 29.9. The number of benzene rings is 4. The normalized spacial score (nSPS) is 10.7. The molecule has 216 valence electrons. The van der Waals surface area contributed by atoms with E-state index in [0.29, 0.717) is 53.8 Å². The Bertz CT molecular complexity index is 1500. The number of aryl methyl sites for hydroxylation is 1. The molecule has 4 aromatic carbocycles. The molecular formula is C34H34N2O6. The largest absolute Gasteiger partial charge is 0.494 e. The topological polar surface area (TPSA) is 95.5 Å². The van der Waals surface area contributed by atoms with Crippen molar-refractivity contribution in [3.05, 3.63) is 119 Å². The average Bonchev–Trinajstić information content (AvgIpc) is 3.01. The Balaban J connectivity index is 1.32. The highest BCUT2D eigenvalue weighted by atomic mass is 16.6. The fourth-order valence-corrected chi connectivity index (χ4v) is 3.81. The number of hydrogen-bond acceptors (Lipinski definition) is 7. The molecule has 0 aromatic heterocycles. The molecule has 4 aromatic rings. The first-order chi connectivity index (χ1) is 20.4. The van der Waals surface area contributed by atoms with Crippen LogP contribution in [0, 0.1) is 6.92 Å². The zero-order chi connectivity index (χ0) is 29.7. The quantitative estimate of drug-likeness (QED) is 0.0833. The SMILES string of the molecule is CCCOc1ccc(C(=O)Oc2ccc(C=NNC(=O)c3ccc(OCc4ccc(C)cc4)cc3)cc2OCC)cc1. The predicted molar refractivity (Wildman–Crippen MR) is 162 cm³/mol. The highest BCUT2D eigenvalue weighted by Crippen LogP contribution is 2.29. The van der Waals surface area contributed by atoms with Crippen LogP contribution in [0.15, 0.2) is 96.1 Å². The zero-order valence-corrected chi connectivity index (χ0v) is 24.0. The van der Waals surface area contributed by atoms with Crippen LogP contribution < -0.4 is 24.4 Å². The van der Waals surface area contributed by atoms with Crippen LogP contribution in [0.5, 0.6) is 23.0 Å². The summed E-state index contributed by atoms with van der Waals surface area (Å²) in [6.07, 6.45) is 2.39. The van der Waals surface area contributed by atoms with E-state index in [1.54, 1.807) is 66.7 Å². The molecule has 1 N–H and O–H groups in total. The van der Waals surface area contributed by atoms with Crippen LogP contribution >= 0.6 is 0 Å². The lowest BCUT2D eigenvalue weighted by Crippen LogP contribution is -2.17. The Morgan fingerprint density at radius 3 is 2.10 bits per heavy atom. The van der Waals surface area contributed by atoms with Gasteiger partial charge >= 0.3 is 5.97 Å². The van der Waals surface area contributed by atoms with Crippen LogP contribution in [-0.4, -0.2) is 31.3 Å². The van der Waals surface area contributed by atoms with Gasteiger partial charge in [0.25, 0.3) is 5.91 Å². The predicted octanol–water partition coefficient (Wildman–Crippen LogP) is 6.74. The molecule has 0 fully saturated rings. The first-order valence-corrected chi connectivity index (χ1v) is 13.8. The molecule has 0 atom stereocenters. The number of hydrazone groups is 1. The van der Waals surface area contributed by atoms with Gasteiger partial charge in [-0.1, -0.05) is 36.8 Å². The van der Waals surface area contributed by atoms with E-state index < -0.39 is 5.97 Å². The molecule has 42 heavy (non-hydrogen) atoms. The van der Waals surface area contributed by atoms with E-state index in [4.69, 9.17) is 18.9 Å². The summed E-state index contributed by atoms with van der Waals surface area (Å²) in [7, 11) is 0. The molecule has 0 spiro atoms. The van der Waals surface area contributed by atoms with Gasteiger partial charge in [-0.2, -0.15) is 5.10 Å². The van der Waals surface area contributed by atoms with Crippen molar-refractivity contribution in [3.63, 3.8) is 0 Å². The number of carbonyl (C=O) groups excluding carboxylic acids is 2. The molecule has 4 rings (SSSR count).